The van der Waals surface area contributed by atoms with Crippen LogP contribution in [0.25, 0.3) is 0 Å². The molecule has 0 aromatic heterocycles. The van der Waals surface area contributed by atoms with Crippen molar-refractivity contribution < 1.29 is 32.5 Å². The van der Waals surface area contributed by atoms with E-state index in [9.17, 15) is 0 Å². The molecule has 2 saturated carbocycles. The predicted molar refractivity (Wildman–Crippen MR) is 89.2 cm³/mol. The molecule has 0 unspecified atom stereocenters. The van der Waals surface area contributed by atoms with Crippen molar-refractivity contribution in [3.8, 4) is 0 Å². The SMILES string of the molecule is C[C]1[C](C)[C](C)[C](C)[C]1C.C[C]1[C](C)[C](C)[C](C)[C]1C.[Cl-].[Ir+3]. The number of hydrogen-bond acceptors (Lipinski definition) is 0. The van der Waals surface area contributed by atoms with Crippen LogP contribution in [0.4, 0.5) is 0 Å². The Labute approximate surface area is 160 Å². The Bertz CT molecular complexity index is 186. The predicted octanol–water partition coefficient (Wildman–Crippen LogP) is 2.95. The summed E-state index contributed by atoms with van der Waals surface area (Å²) in [6.45, 7) is 22.0. The molecule has 22 heavy (non-hydrogen) atoms. The van der Waals surface area contributed by atoms with Crippen molar-refractivity contribution in [1.82, 2.24) is 0 Å². The maximum atomic E-state index is 2.20. The van der Waals surface area contributed by atoms with Gasteiger partial charge < -0.3 is 12.4 Å². The van der Waals surface area contributed by atoms with Gasteiger partial charge in [0.05, 0.1) is 0 Å². The molecule has 2 fully saturated rings. The zero-order valence-corrected chi connectivity index (χ0v) is 18.9. The van der Waals surface area contributed by atoms with Gasteiger partial charge >= 0.3 is 20.1 Å². The molecule has 0 aliphatic heterocycles. The average molecular weight is 498 g/mol. The molecule has 0 aromatic rings. The monoisotopic (exact) mass is 498 g/mol. The fourth-order valence-corrected chi connectivity index (χ4v) is 2.81. The van der Waals surface area contributed by atoms with Gasteiger partial charge in [0.1, 0.15) is 0 Å². The van der Waals surface area contributed by atoms with E-state index in [0.717, 1.165) is 0 Å². The molecule has 0 amide bonds. The Morgan fingerprint density at radius 3 is 0.364 bits per heavy atom. The van der Waals surface area contributed by atoms with Crippen molar-refractivity contribution >= 4 is 0 Å². The molecule has 2 aliphatic rings. The van der Waals surface area contributed by atoms with Gasteiger partial charge in [-0.05, 0) is 59.2 Å². The van der Waals surface area contributed by atoms with Crippen LogP contribution in [0, 0.1) is 59.2 Å². The van der Waals surface area contributed by atoms with E-state index < -0.39 is 0 Å². The molecule has 2 rings (SSSR count). The van der Waals surface area contributed by atoms with Crippen LogP contribution in [-0.4, -0.2) is 0 Å². The van der Waals surface area contributed by atoms with Gasteiger partial charge in [-0.3, -0.25) is 0 Å². The number of rotatable bonds is 0. The Morgan fingerprint density at radius 1 is 0.273 bits per heavy atom. The number of halogens is 1. The summed E-state index contributed by atoms with van der Waals surface area (Å²) in [5.41, 5.74) is 0. The van der Waals surface area contributed by atoms with Crippen molar-refractivity contribution in [2.24, 2.45) is 0 Å². The summed E-state index contributed by atoms with van der Waals surface area (Å²) in [6.07, 6.45) is 0. The molecule has 2 aliphatic carbocycles. The maximum Gasteiger partial charge on any atom is 3.00 e. The molecule has 0 nitrogen and oxygen atoms in total. The Balaban J connectivity index is 0. The second-order valence-electron chi connectivity index (χ2n) is 6.25. The summed E-state index contributed by atoms with van der Waals surface area (Å²) in [4.78, 5) is 0. The molecule has 0 saturated heterocycles. The van der Waals surface area contributed by atoms with E-state index in [-0.39, 0.29) is 32.5 Å². The maximum absolute atomic E-state index is 2.20. The minimum Gasteiger partial charge on any atom is -1.00 e. The normalized spacial score (nSPS) is 25.9. The minimum atomic E-state index is 0. The first-order valence-corrected chi connectivity index (χ1v) is 7.50. The number of hydrogen-bond donors (Lipinski definition) is 0. The largest absolute Gasteiger partial charge is 3.00 e. The van der Waals surface area contributed by atoms with Gasteiger partial charge in [0.25, 0.3) is 0 Å². The van der Waals surface area contributed by atoms with Gasteiger partial charge in [-0.15, -0.1) is 0 Å². The summed E-state index contributed by atoms with van der Waals surface area (Å²) >= 11 is 0. The van der Waals surface area contributed by atoms with Crippen molar-refractivity contribution in [3.05, 3.63) is 59.2 Å². The van der Waals surface area contributed by atoms with Crippen molar-refractivity contribution in [2.75, 3.05) is 0 Å². The first-order valence-electron chi connectivity index (χ1n) is 7.50. The smallest absolute Gasteiger partial charge is 1.00 e. The Kier molecular flexibility index (Phi) is 11.5. The van der Waals surface area contributed by atoms with Crippen molar-refractivity contribution in [3.63, 3.8) is 0 Å². The van der Waals surface area contributed by atoms with Gasteiger partial charge in [-0.25, -0.2) is 0 Å². The van der Waals surface area contributed by atoms with Gasteiger partial charge in [-0.2, -0.15) is 0 Å². The first kappa shape index (κ1) is 25.2. The van der Waals surface area contributed by atoms with Gasteiger partial charge in [0.15, 0.2) is 0 Å². The third kappa shape index (κ3) is 4.97. The van der Waals surface area contributed by atoms with E-state index in [4.69, 9.17) is 0 Å². The summed E-state index contributed by atoms with van der Waals surface area (Å²) in [5.74, 6) is 14.7. The van der Waals surface area contributed by atoms with Crippen LogP contribution < -0.4 is 12.4 Å². The first-order chi connectivity index (χ1) is 9.11. The van der Waals surface area contributed by atoms with E-state index >= 15 is 0 Å². The molecule has 0 spiro atoms. The zero-order valence-electron chi connectivity index (χ0n) is 15.7. The molecule has 0 atom stereocenters. The molecule has 0 bridgehead atoms. The molecular formula is C20H30ClIr+2. The molecule has 0 heterocycles. The third-order valence-electron chi connectivity index (χ3n) is 5.62. The van der Waals surface area contributed by atoms with Crippen LogP contribution in [0.2, 0.25) is 0 Å². The summed E-state index contributed by atoms with van der Waals surface area (Å²) in [7, 11) is 0. The van der Waals surface area contributed by atoms with E-state index in [1.54, 1.807) is 0 Å². The molecule has 2 heteroatoms. The molecule has 0 N–H and O–H groups in total. The molecule has 124 valence electrons. The van der Waals surface area contributed by atoms with E-state index in [1.165, 1.54) is 59.2 Å². The van der Waals surface area contributed by atoms with Gasteiger partial charge in [0, 0.05) is 0 Å². The topological polar surface area (TPSA) is 0 Å². The van der Waals surface area contributed by atoms with Crippen LogP contribution in [0.1, 0.15) is 69.2 Å². The van der Waals surface area contributed by atoms with Gasteiger partial charge in [0.2, 0.25) is 0 Å². The molecule has 10 radical (unpaired) electrons. The van der Waals surface area contributed by atoms with Crippen LogP contribution in [0.15, 0.2) is 0 Å². The Hall–Kier alpha value is 0.939. The second-order valence-corrected chi connectivity index (χ2v) is 6.25. The Morgan fingerprint density at radius 2 is 0.318 bits per heavy atom. The standard InChI is InChI=1S/2C10H15.ClH.Ir/c2*1-6-7(2)9(4)10(5)8(6)3;;/h2*1-5H3;1H;/q;;;+3/p-1. The quantitative estimate of drug-likeness (QED) is 0.483. The van der Waals surface area contributed by atoms with Crippen LogP contribution >= 0.6 is 0 Å². The van der Waals surface area contributed by atoms with Crippen LogP contribution in [0.5, 0.6) is 0 Å². The van der Waals surface area contributed by atoms with Crippen LogP contribution in [0.3, 0.4) is 0 Å². The summed E-state index contributed by atoms with van der Waals surface area (Å²) in [6, 6.07) is 0. The summed E-state index contributed by atoms with van der Waals surface area (Å²) < 4.78 is 0. The minimum absolute atomic E-state index is 0. The van der Waals surface area contributed by atoms with E-state index in [2.05, 4.69) is 69.2 Å². The summed E-state index contributed by atoms with van der Waals surface area (Å²) in [5, 5.41) is 0. The zero-order chi connectivity index (χ0) is 15.8. The van der Waals surface area contributed by atoms with Gasteiger partial charge in [-0.1, -0.05) is 69.2 Å². The fourth-order valence-electron chi connectivity index (χ4n) is 2.81. The molecule has 0 aromatic carbocycles. The fraction of sp³-hybridized carbons (Fsp3) is 0.500. The molecular weight excluding hydrogens is 468 g/mol. The van der Waals surface area contributed by atoms with Crippen molar-refractivity contribution in [2.45, 2.75) is 69.2 Å². The van der Waals surface area contributed by atoms with Crippen molar-refractivity contribution in [1.29, 1.82) is 0 Å². The van der Waals surface area contributed by atoms with E-state index in [1.807, 2.05) is 0 Å². The second kappa shape index (κ2) is 10.0. The average Bonchev–Trinajstić information content (AvgIpc) is 2.71. The van der Waals surface area contributed by atoms with Crippen LogP contribution in [-0.2, 0) is 20.1 Å². The third-order valence-corrected chi connectivity index (χ3v) is 5.62. The van der Waals surface area contributed by atoms with E-state index in [0.29, 0.717) is 0 Å².